The summed E-state index contributed by atoms with van der Waals surface area (Å²) in [6, 6.07) is 1.72. The van der Waals surface area contributed by atoms with E-state index in [0.717, 1.165) is 11.5 Å². The minimum Gasteiger partial charge on any atom is -0.365 e. The number of nitrogens with one attached hydrogen (secondary N) is 1. The smallest absolute Gasteiger partial charge is 0.190 e. The molecule has 17 heavy (non-hydrogen) atoms. The molecule has 2 aromatic rings. The lowest BCUT2D eigenvalue weighted by atomic mass is 10.4. The average Bonchev–Trinajstić information content (AvgIpc) is 2.71. The van der Waals surface area contributed by atoms with Gasteiger partial charge in [-0.3, -0.25) is 0 Å². The van der Waals surface area contributed by atoms with E-state index in [0.29, 0.717) is 16.9 Å². The third-order valence-electron chi connectivity index (χ3n) is 2.13. The van der Waals surface area contributed by atoms with Crippen LogP contribution >= 0.6 is 34.7 Å². The largest absolute Gasteiger partial charge is 0.365 e. The molecule has 0 unspecified atom stereocenters. The minimum atomic E-state index is 0.452. The van der Waals surface area contributed by atoms with Gasteiger partial charge in [0.1, 0.15) is 11.0 Å². The summed E-state index contributed by atoms with van der Waals surface area (Å²) >= 11 is 9.00. The van der Waals surface area contributed by atoms with Crippen molar-refractivity contribution < 1.29 is 0 Å². The van der Waals surface area contributed by atoms with Gasteiger partial charge in [0.05, 0.1) is 17.7 Å². The molecule has 0 amide bonds. The molecule has 0 atom stereocenters. The molecule has 2 heterocycles. The maximum atomic E-state index is 5.91. The number of nitrogens with zero attached hydrogens (tertiary/aromatic N) is 3. The summed E-state index contributed by atoms with van der Waals surface area (Å²) in [7, 11) is 0. The van der Waals surface area contributed by atoms with Crippen LogP contribution in [0.2, 0.25) is 5.15 Å². The zero-order chi connectivity index (χ0) is 12.3. The van der Waals surface area contributed by atoms with E-state index in [1.807, 2.05) is 18.7 Å². The van der Waals surface area contributed by atoms with E-state index in [4.69, 9.17) is 11.6 Å². The van der Waals surface area contributed by atoms with Gasteiger partial charge < -0.3 is 5.32 Å². The molecule has 90 valence electrons. The number of anilines is 1. The highest BCUT2D eigenvalue weighted by Crippen LogP contribution is 2.19. The van der Waals surface area contributed by atoms with Gasteiger partial charge in [-0.1, -0.05) is 23.4 Å². The molecule has 0 bridgehead atoms. The summed E-state index contributed by atoms with van der Waals surface area (Å²) in [6.45, 7) is 2.70. The van der Waals surface area contributed by atoms with E-state index in [-0.39, 0.29) is 0 Å². The molecule has 4 nitrogen and oxygen atoms in total. The predicted octanol–water partition coefficient (Wildman–Crippen LogP) is 3.23. The number of halogens is 1. The van der Waals surface area contributed by atoms with E-state index in [9.17, 15) is 0 Å². The van der Waals surface area contributed by atoms with Gasteiger partial charge in [0, 0.05) is 10.9 Å². The van der Waals surface area contributed by atoms with Gasteiger partial charge in [-0.2, -0.15) is 0 Å². The van der Waals surface area contributed by atoms with Crippen LogP contribution in [0.3, 0.4) is 0 Å². The standard InChI is InChI=1S/C10H11ClN4S2/c1-6-7(17-5-13-6)4-12-9-3-8(11)14-10(15-9)16-2/h3,5H,4H2,1-2H3,(H,12,14,15). The Morgan fingerprint density at radius 2 is 2.29 bits per heavy atom. The van der Waals surface area contributed by atoms with Crippen molar-refractivity contribution >= 4 is 40.5 Å². The fraction of sp³-hybridized carbons (Fsp3) is 0.300. The first-order valence-corrected chi connectivity index (χ1v) is 7.38. The molecule has 0 aliphatic rings. The van der Waals surface area contributed by atoms with Crippen molar-refractivity contribution in [3.63, 3.8) is 0 Å². The van der Waals surface area contributed by atoms with Crippen molar-refractivity contribution in [3.8, 4) is 0 Å². The number of hydrogen-bond donors (Lipinski definition) is 1. The van der Waals surface area contributed by atoms with Crippen LogP contribution in [0.25, 0.3) is 0 Å². The summed E-state index contributed by atoms with van der Waals surface area (Å²) in [4.78, 5) is 13.8. The topological polar surface area (TPSA) is 50.7 Å². The SMILES string of the molecule is CSc1nc(Cl)cc(NCc2scnc2C)n1. The zero-order valence-electron chi connectivity index (χ0n) is 9.40. The average molecular weight is 287 g/mol. The van der Waals surface area contributed by atoms with E-state index in [1.54, 1.807) is 17.4 Å². The fourth-order valence-corrected chi connectivity index (χ4v) is 2.57. The first-order valence-electron chi connectivity index (χ1n) is 4.90. The molecule has 0 aliphatic heterocycles. The van der Waals surface area contributed by atoms with Crippen LogP contribution in [0.15, 0.2) is 16.7 Å². The number of rotatable bonds is 4. The molecule has 2 rings (SSSR count). The Balaban J connectivity index is 2.09. The Bertz CT molecular complexity index is 515. The van der Waals surface area contributed by atoms with E-state index >= 15 is 0 Å². The van der Waals surface area contributed by atoms with Crippen molar-refractivity contribution in [1.29, 1.82) is 0 Å². The number of hydrogen-bond acceptors (Lipinski definition) is 6. The van der Waals surface area contributed by atoms with Crippen molar-refractivity contribution in [2.75, 3.05) is 11.6 Å². The van der Waals surface area contributed by atoms with Crippen LogP contribution in [0.1, 0.15) is 10.6 Å². The first-order chi connectivity index (χ1) is 8.19. The van der Waals surface area contributed by atoms with Crippen LogP contribution in [0.4, 0.5) is 5.82 Å². The first kappa shape index (κ1) is 12.6. The number of thioether (sulfide) groups is 1. The van der Waals surface area contributed by atoms with Crippen LogP contribution < -0.4 is 5.32 Å². The van der Waals surface area contributed by atoms with Crippen molar-refractivity contribution in [1.82, 2.24) is 15.0 Å². The molecular weight excluding hydrogens is 276 g/mol. The second-order valence-electron chi connectivity index (χ2n) is 3.28. The van der Waals surface area contributed by atoms with E-state index < -0.39 is 0 Å². The molecule has 0 spiro atoms. The highest BCUT2D eigenvalue weighted by molar-refractivity contribution is 7.98. The number of aryl methyl sites for hydroxylation is 1. The van der Waals surface area contributed by atoms with Gasteiger partial charge >= 0.3 is 0 Å². The Kier molecular flexibility index (Phi) is 4.20. The highest BCUT2D eigenvalue weighted by Gasteiger charge is 2.04. The van der Waals surface area contributed by atoms with Gasteiger partial charge in [-0.05, 0) is 13.2 Å². The van der Waals surface area contributed by atoms with Crippen LogP contribution in [0, 0.1) is 6.92 Å². The van der Waals surface area contributed by atoms with Gasteiger partial charge in [0.15, 0.2) is 5.16 Å². The fourth-order valence-electron chi connectivity index (χ4n) is 1.25. The lowest BCUT2D eigenvalue weighted by Gasteiger charge is -2.06. The van der Waals surface area contributed by atoms with E-state index in [1.165, 1.54) is 16.6 Å². The molecule has 2 aromatic heterocycles. The summed E-state index contributed by atoms with van der Waals surface area (Å²) in [5, 5.41) is 4.34. The quantitative estimate of drug-likeness (QED) is 0.531. The normalized spacial score (nSPS) is 10.5. The lowest BCUT2D eigenvalue weighted by molar-refractivity contribution is 0.957. The predicted molar refractivity (Wildman–Crippen MR) is 73.0 cm³/mol. The third kappa shape index (κ3) is 3.31. The number of thiazole rings is 1. The summed E-state index contributed by atoms with van der Waals surface area (Å²) in [5.41, 5.74) is 2.89. The van der Waals surface area contributed by atoms with Crippen LogP contribution in [-0.4, -0.2) is 21.2 Å². The van der Waals surface area contributed by atoms with Crippen LogP contribution in [0.5, 0.6) is 0 Å². The van der Waals surface area contributed by atoms with Gasteiger partial charge in [0.25, 0.3) is 0 Å². The molecule has 1 N–H and O–H groups in total. The van der Waals surface area contributed by atoms with Crippen molar-refractivity contribution in [3.05, 3.63) is 27.3 Å². The summed E-state index contributed by atoms with van der Waals surface area (Å²) in [5.74, 6) is 0.738. The zero-order valence-corrected chi connectivity index (χ0v) is 11.8. The maximum Gasteiger partial charge on any atom is 0.190 e. The van der Waals surface area contributed by atoms with Crippen molar-refractivity contribution in [2.24, 2.45) is 0 Å². The Morgan fingerprint density at radius 1 is 1.47 bits per heavy atom. The molecular formula is C10H11ClN4S2. The van der Waals surface area contributed by atoms with Crippen molar-refractivity contribution in [2.45, 2.75) is 18.6 Å². The molecule has 0 radical (unpaired) electrons. The minimum absolute atomic E-state index is 0.452. The van der Waals surface area contributed by atoms with Crippen LogP contribution in [-0.2, 0) is 6.54 Å². The maximum absolute atomic E-state index is 5.91. The molecule has 0 saturated carbocycles. The Morgan fingerprint density at radius 3 is 2.94 bits per heavy atom. The highest BCUT2D eigenvalue weighted by atomic mass is 35.5. The molecule has 0 aliphatic carbocycles. The van der Waals surface area contributed by atoms with Gasteiger partial charge in [-0.25, -0.2) is 15.0 Å². The second kappa shape index (κ2) is 5.66. The summed E-state index contributed by atoms with van der Waals surface area (Å²) < 4.78 is 0. The second-order valence-corrected chi connectivity index (χ2v) is 5.38. The van der Waals surface area contributed by atoms with E-state index in [2.05, 4.69) is 20.3 Å². The monoisotopic (exact) mass is 286 g/mol. The van der Waals surface area contributed by atoms with Gasteiger partial charge in [0.2, 0.25) is 0 Å². The molecule has 7 heteroatoms. The lowest BCUT2D eigenvalue weighted by Crippen LogP contribution is -2.02. The Labute approximate surface area is 113 Å². The molecule has 0 fully saturated rings. The molecule has 0 saturated heterocycles. The molecule has 0 aromatic carbocycles. The third-order valence-corrected chi connectivity index (χ3v) is 3.81. The van der Waals surface area contributed by atoms with Gasteiger partial charge in [-0.15, -0.1) is 11.3 Å². The summed E-state index contributed by atoms with van der Waals surface area (Å²) in [6.07, 6.45) is 1.92. The number of aromatic nitrogens is 3. The Hall–Kier alpha value is -0.850.